The van der Waals surface area contributed by atoms with Crippen LogP contribution in [0.1, 0.15) is 18.1 Å². The molecule has 0 aliphatic carbocycles. The Labute approximate surface area is 118 Å². The topological polar surface area (TPSA) is 41.5 Å². The number of halogens is 1. The van der Waals surface area contributed by atoms with Crippen LogP contribution in [0.2, 0.25) is 0 Å². The minimum absolute atomic E-state index is 0.0681. The summed E-state index contributed by atoms with van der Waals surface area (Å²) in [6, 6.07) is 11.9. The van der Waals surface area contributed by atoms with E-state index in [0.29, 0.717) is 12.3 Å². The van der Waals surface area contributed by atoms with Crippen LogP contribution in [0.4, 0.5) is 4.39 Å². The SMILES string of the molecule is CCNCc1ccc(Oc2cccc(CO)c2)c(F)c1. The monoisotopic (exact) mass is 275 g/mol. The van der Waals surface area contributed by atoms with Crippen LogP contribution in [0.3, 0.4) is 0 Å². The van der Waals surface area contributed by atoms with Gasteiger partial charge in [-0.3, -0.25) is 0 Å². The molecule has 4 heteroatoms. The van der Waals surface area contributed by atoms with Gasteiger partial charge in [-0.15, -0.1) is 0 Å². The highest BCUT2D eigenvalue weighted by atomic mass is 19.1. The Kier molecular flexibility index (Phi) is 5.09. The van der Waals surface area contributed by atoms with E-state index in [0.717, 1.165) is 17.7 Å². The van der Waals surface area contributed by atoms with E-state index < -0.39 is 5.82 Å². The van der Waals surface area contributed by atoms with Gasteiger partial charge in [0.05, 0.1) is 6.61 Å². The maximum Gasteiger partial charge on any atom is 0.166 e. The van der Waals surface area contributed by atoms with Crippen LogP contribution < -0.4 is 10.1 Å². The molecule has 2 N–H and O–H groups in total. The summed E-state index contributed by atoms with van der Waals surface area (Å²) in [5, 5.41) is 12.2. The molecule has 20 heavy (non-hydrogen) atoms. The van der Waals surface area contributed by atoms with Crippen molar-refractivity contribution in [2.24, 2.45) is 0 Å². The Bertz CT molecular complexity index is 572. The van der Waals surface area contributed by atoms with E-state index in [1.807, 2.05) is 13.0 Å². The second kappa shape index (κ2) is 7.03. The van der Waals surface area contributed by atoms with Crippen LogP contribution in [0, 0.1) is 5.82 Å². The molecule has 0 aromatic heterocycles. The lowest BCUT2D eigenvalue weighted by Gasteiger charge is -2.09. The van der Waals surface area contributed by atoms with Gasteiger partial charge in [0, 0.05) is 6.54 Å². The average Bonchev–Trinajstić information content (AvgIpc) is 2.48. The predicted octanol–water partition coefficient (Wildman–Crippen LogP) is 3.22. The number of hydrogen-bond acceptors (Lipinski definition) is 3. The molecule has 2 rings (SSSR count). The van der Waals surface area contributed by atoms with E-state index in [9.17, 15) is 4.39 Å². The molecule has 0 spiro atoms. The number of rotatable bonds is 6. The number of aliphatic hydroxyl groups excluding tert-OH is 1. The third-order valence-corrected chi connectivity index (χ3v) is 2.88. The molecule has 0 heterocycles. The fourth-order valence-electron chi connectivity index (χ4n) is 1.84. The van der Waals surface area contributed by atoms with Crippen molar-refractivity contribution in [1.82, 2.24) is 5.32 Å². The minimum atomic E-state index is -0.394. The van der Waals surface area contributed by atoms with Gasteiger partial charge in [-0.1, -0.05) is 25.1 Å². The van der Waals surface area contributed by atoms with Crippen LogP contribution in [-0.4, -0.2) is 11.7 Å². The van der Waals surface area contributed by atoms with E-state index in [1.165, 1.54) is 6.07 Å². The zero-order valence-electron chi connectivity index (χ0n) is 11.4. The molecule has 2 aromatic carbocycles. The quantitative estimate of drug-likeness (QED) is 0.850. The van der Waals surface area contributed by atoms with Crippen molar-refractivity contribution in [2.75, 3.05) is 6.54 Å². The molecule has 0 saturated carbocycles. The van der Waals surface area contributed by atoms with Gasteiger partial charge in [0.25, 0.3) is 0 Å². The van der Waals surface area contributed by atoms with Crippen LogP contribution in [0.15, 0.2) is 42.5 Å². The lowest BCUT2D eigenvalue weighted by atomic mass is 10.2. The van der Waals surface area contributed by atoms with E-state index in [4.69, 9.17) is 9.84 Å². The molecule has 3 nitrogen and oxygen atoms in total. The van der Waals surface area contributed by atoms with E-state index in [2.05, 4.69) is 5.32 Å². The van der Waals surface area contributed by atoms with E-state index >= 15 is 0 Å². The van der Waals surface area contributed by atoms with Crippen molar-refractivity contribution in [3.8, 4) is 11.5 Å². The molecule has 0 aliphatic rings. The normalized spacial score (nSPS) is 10.6. The van der Waals surface area contributed by atoms with Crippen LogP contribution in [-0.2, 0) is 13.2 Å². The van der Waals surface area contributed by atoms with Crippen LogP contribution in [0.5, 0.6) is 11.5 Å². The molecule has 0 unspecified atom stereocenters. The van der Waals surface area contributed by atoms with Crippen LogP contribution in [0.25, 0.3) is 0 Å². The predicted molar refractivity (Wildman–Crippen MR) is 76.2 cm³/mol. The molecule has 0 radical (unpaired) electrons. The van der Waals surface area contributed by atoms with Crippen molar-refractivity contribution in [1.29, 1.82) is 0 Å². The van der Waals surface area contributed by atoms with Gasteiger partial charge >= 0.3 is 0 Å². The lowest BCUT2D eigenvalue weighted by molar-refractivity contribution is 0.281. The smallest absolute Gasteiger partial charge is 0.166 e. The summed E-state index contributed by atoms with van der Waals surface area (Å²) < 4.78 is 19.4. The highest BCUT2D eigenvalue weighted by molar-refractivity contribution is 5.36. The fourth-order valence-corrected chi connectivity index (χ4v) is 1.84. The summed E-state index contributed by atoms with van der Waals surface area (Å²) in [5.41, 5.74) is 1.60. The molecule has 0 saturated heterocycles. The Hall–Kier alpha value is -1.91. The van der Waals surface area contributed by atoms with Gasteiger partial charge in [-0.2, -0.15) is 0 Å². The van der Waals surface area contributed by atoms with Gasteiger partial charge in [0.2, 0.25) is 0 Å². The first kappa shape index (κ1) is 14.5. The molecule has 0 amide bonds. The van der Waals surface area contributed by atoms with Crippen molar-refractivity contribution in [3.05, 3.63) is 59.4 Å². The van der Waals surface area contributed by atoms with Crippen molar-refractivity contribution in [2.45, 2.75) is 20.1 Å². The maximum atomic E-state index is 13.9. The highest BCUT2D eigenvalue weighted by Crippen LogP contribution is 2.25. The van der Waals surface area contributed by atoms with Gasteiger partial charge in [-0.05, 0) is 41.9 Å². The lowest BCUT2D eigenvalue weighted by Crippen LogP contribution is -2.11. The third kappa shape index (κ3) is 3.79. The second-order valence-electron chi connectivity index (χ2n) is 4.45. The summed E-state index contributed by atoms with van der Waals surface area (Å²) in [6.07, 6.45) is 0. The molecule has 0 aliphatic heterocycles. The summed E-state index contributed by atoms with van der Waals surface area (Å²) >= 11 is 0. The Morgan fingerprint density at radius 2 is 2.00 bits per heavy atom. The zero-order chi connectivity index (χ0) is 14.4. The fraction of sp³-hybridized carbons (Fsp3) is 0.250. The molecule has 0 atom stereocenters. The van der Waals surface area contributed by atoms with Gasteiger partial charge in [0.1, 0.15) is 5.75 Å². The van der Waals surface area contributed by atoms with Crippen molar-refractivity contribution < 1.29 is 14.2 Å². The summed E-state index contributed by atoms with van der Waals surface area (Å²) in [4.78, 5) is 0. The number of aliphatic hydroxyl groups is 1. The molecule has 0 fully saturated rings. The standard InChI is InChI=1S/C16H18FNO2/c1-2-18-10-12-6-7-16(15(17)9-12)20-14-5-3-4-13(8-14)11-19/h3-9,18-19H,2,10-11H2,1H3. The maximum absolute atomic E-state index is 13.9. The van der Waals surface area contributed by atoms with E-state index in [1.54, 1.807) is 30.3 Å². The number of hydrogen-bond donors (Lipinski definition) is 2. The van der Waals surface area contributed by atoms with E-state index in [-0.39, 0.29) is 12.4 Å². The molecular weight excluding hydrogens is 257 g/mol. The number of benzene rings is 2. The summed E-state index contributed by atoms with van der Waals surface area (Å²) in [6.45, 7) is 3.41. The first-order chi connectivity index (χ1) is 9.72. The Morgan fingerprint density at radius 1 is 1.15 bits per heavy atom. The highest BCUT2D eigenvalue weighted by Gasteiger charge is 2.06. The van der Waals surface area contributed by atoms with Gasteiger partial charge in [-0.25, -0.2) is 4.39 Å². The van der Waals surface area contributed by atoms with Gasteiger partial charge in [0.15, 0.2) is 11.6 Å². The zero-order valence-corrected chi connectivity index (χ0v) is 11.4. The third-order valence-electron chi connectivity index (χ3n) is 2.88. The summed E-state index contributed by atoms with van der Waals surface area (Å²) in [7, 11) is 0. The molecular formula is C16H18FNO2. The van der Waals surface area contributed by atoms with Crippen molar-refractivity contribution >= 4 is 0 Å². The molecule has 0 bridgehead atoms. The number of ether oxygens (including phenoxy) is 1. The van der Waals surface area contributed by atoms with Gasteiger partial charge < -0.3 is 15.2 Å². The first-order valence-corrected chi connectivity index (χ1v) is 6.59. The Balaban J connectivity index is 2.12. The Morgan fingerprint density at radius 3 is 2.70 bits per heavy atom. The molecule has 2 aromatic rings. The second-order valence-corrected chi connectivity index (χ2v) is 4.45. The number of nitrogens with one attached hydrogen (secondary N) is 1. The molecule has 106 valence electrons. The van der Waals surface area contributed by atoms with Crippen molar-refractivity contribution in [3.63, 3.8) is 0 Å². The largest absolute Gasteiger partial charge is 0.454 e. The van der Waals surface area contributed by atoms with Crippen LogP contribution >= 0.6 is 0 Å². The minimum Gasteiger partial charge on any atom is -0.454 e. The average molecular weight is 275 g/mol. The summed E-state index contributed by atoms with van der Waals surface area (Å²) in [5.74, 6) is 0.296. The first-order valence-electron chi connectivity index (χ1n) is 6.59.